The Kier molecular flexibility index (Phi) is 5.35. The lowest BCUT2D eigenvalue weighted by molar-refractivity contribution is 0.522. The Morgan fingerprint density at radius 1 is 1.40 bits per heavy atom. The molecule has 3 nitrogen and oxygen atoms in total. The van der Waals surface area contributed by atoms with Crippen LogP contribution in [0, 0.1) is 11.7 Å². The van der Waals surface area contributed by atoms with E-state index in [0.717, 1.165) is 24.3 Å². The predicted octanol–water partition coefficient (Wildman–Crippen LogP) is 3.47. The van der Waals surface area contributed by atoms with Crippen LogP contribution in [-0.4, -0.2) is 17.6 Å². The van der Waals surface area contributed by atoms with Gasteiger partial charge >= 0.3 is 0 Å². The van der Waals surface area contributed by atoms with Crippen molar-refractivity contribution in [2.75, 3.05) is 11.4 Å². The van der Waals surface area contributed by atoms with E-state index in [1.807, 2.05) is 0 Å². The summed E-state index contributed by atoms with van der Waals surface area (Å²) in [5.41, 5.74) is 6.60. The second-order valence-corrected chi connectivity index (χ2v) is 6.15. The molecule has 0 saturated heterocycles. The first-order chi connectivity index (χ1) is 9.61. The molecule has 1 aliphatic carbocycles. The van der Waals surface area contributed by atoms with Crippen molar-refractivity contribution < 1.29 is 4.39 Å². The highest BCUT2D eigenvalue weighted by Gasteiger charge is 2.25. The highest BCUT2D eigenvalue weighted by Crippen LogP contribution is 2.30. The molecule has 1 heterocycles. The minimum absolute atomic E-state index is 0.301. The fourth-order valence-corrected chi connectivity index (χ4v) is 2.96. The molecule has 112 valence electrons. The first-order valence-corrected chi connectivity index (χ1v) is 7.73. The van der Waals surface area contributed by atoms with Crippen molar-refractivity contribution >= 4 is 5.82 Å². The summed E-state index contributed by atoms with van der Waals surface area (Å²) in [4.78, 5) is 6.71. The number of nitrogens with zero attached hydrogens (tertiary/aromatic N) is 2. The zero-order valence-corrected chi connectivity index (χ0v) is 12.6. The first-order valence-electron chi connectivity index (χ1n) is 7.73. The van der Waals surface area contributed by atoms with Crippen LogP contribution >= 0.6 is 0 Å². The van der Waals surface area contributed by atoms with E-state index in [0.29, 0.717) is 18.5 Å². The monoisotopic (exact) mass is 279 g/mol. The Bertz CT molecular complexity index is 428. The molecule has 2 rings (SSSR count). The quantitative estimate of drug-likeness (QED) is 0.867. The number of rotatable bonds is 6. The van der Waals surface area contributed by atoms with E-state index in [-0.39, 0.29) is 5.82 Å². The molecule has 1 aromatic heterocycles. The van der Waals surface area contributed by atoms with E-state index >= 15 is 0 Å². The minimum atomic E-state index is -0.301. The number of hydrogen-bond donors (Lipinski definition) is 1. The summed E-state index contributed by atoms with van der Waals surface area (Å²) in [6, 6.07) is 2.07. The van der Waals surface area contributed by atoms with Crippen LogP contribution in [0.25, 0.3) is 0 Å². The lowest BCUT2D eigenvalue weighted by Gasteiger charge is -2.32. The second-order valence-electron chi connectivity index (χ2n) is 6.15. The SMILES string of the molecule is CC(C)CCN(c1ncc(F)cc1CN)C1CCCC1. The van der Waals surface area contributed by atoms with Crippen LogP contribution in [0.5, 0.6) is 0 Å². The van der Waals surface area contributed by atoms with Crippen LogP contribution in [-0.2, 0) is 6.54 Å². The summed E-state index contributed by atoms with van der Waals surface area (Å²) >= 11 is 0. The van der Waals surface area contributed by atoms with Crippen LogP contribution in [0.2, 0.25) is 0 Å². The van der Waals surface area contributed by atoms with Gasteiger partial charge in [-0.05, 0) is 31.2 Å². The topological polar surface area (TPSA) is 42.2 Å². The number of aromatic nitrogens is 1. The molecule has 0 aliphatic heterocycles. The smallest absolute Gasteiger partial charge is 0.141 e. The van der Waals surface area contributed by atoms with Crippen LogP contribution in [0.4, 0.5) is 10.2 Å². The molecule has 1 saturated carbocycles. The molecule has 1 aromatic rings. The molecule has 1 aliphatic rings. The molecule has 1 fully saturated rings. The van der Waals surface area contributed by atoms with Gasteiger partial charge in [0.2, 0.25) is 0 Å². The summed E-state index contributed by atoms with van der Waals surface area (Å²) in [7, 11) is 0. The maximum absolute atomic E-state index is 13.4. The molecule has 0 atom stereocenters. The molecule has 0 aromatic carbocycles. The summed E-state index contributed by atoms with van der Waals surface area (Å²) in [6.45, 7) is 5.78. The minimum Gasteiger partial charge on any atom is -0.353 e. The summed E-state index contributed by atoms with van der Waals surface area (Å²) < 4.78 is 13.4. The van der Waals surface area contributed by atoms with Crippen LogP contribution < -0.4 is 10.6 Å². The lowest BCUT2D eigenvalue weighted by atomic mass is 10.1. The molecule has 2 N–H and O–H groups in total. The molecule has 4 heteroatoms. The molecule has 0 unspecified atom stereocenters. The van der Waals surface area contributed by atoms with Gasteiger partial charge < -0.3 is 10.6 Å². The van der Waals surface area contributed by atoms with Crippen LogP contribution in [0.3, 0.4) is 0 Å². The average molecular weight is 279 g/mol. The third-order valence-corrected chi connectivity index (χ3v) is 4.11. The Labute approximate surface area is 121 Å². The largest absolute Gasteiger partial charge is 0.353 e. The summed E-state index contributed by atoms with van der Waals surface area (Å²) in [6.07, 6.45) is 7.41. The van der Waals surface area contributed by atoms with Crippen molar-refractivity contribution in [3.8, 4) is 0 Å². The van der Waals surface area contributed by atoms with Crippen molar-refractivity contribution in [1.29, 1.82) is 0 Å². The molecular formula is C16H26FN3. The van der Waals surface area contributed by atoms with Crippen LogP contribution in [0.15, 0.2) is 12.3 Å². The van der Waals surface area contributed by atoms with Crippen molar-refractivity contribution in [3.05, 3.63) is 23.6 Å². The van der Waals surface area contributed by atoms with Gasteiger partial charge in [-0.3, -0.25) is 0 Å². The fourth-order valence-electron chi connectivity index (χ4n) is 2.96. The van der Waals surface area contributed by atoms with Gasteiger partial charge in [0.1, 0.15) is 11.6 Å². The van der Waals surface area contributed by atoms with Crippen LogP contribution in [0.1, 0.15) is 51.5 Å². The number of hydrogen-bond acceptors (Lipinski definition) is 3. The standard InChI is InChI=1S/C16H26FN3/c1-12(2)7-8-20(15-5-3-4-6-15)16-13(10-18)9-14(17)11-19-16/h9,11-12,15H,3-8,10,18H2,1-2H3. The fraction of sp³-hybridized carbons (Fsp3) is 0.688. The Morgan fingerprint density at radius 2 is 2.10 bits per heavy atom. The van der Waals surface area contributed by atoms with Crippen molar-refractivity contribution in [2.24, 2.45) is 11.7 Å². The highest BCUT2D eigenvalue weighted by atomic mass is 19.1. The van der Waals surface area contributed by atoms with Gasteiger partial charge in [-0.2, -0.15) is 0 Å². The Morgan fingerprint density at radius 3 is 2.70 bits per heavy atom. The molecule has 20 heavy (non-hydrogen) atoms. The van der Waals surface area contributed by atoms with E-state index < -0.39 is 0 Å². The number of nitrogens with two attached hydrogens (primary N) is 1. The van der Waals surface area contributed by atoms with E-state index in [9.17, 15) is 4.39 Å². The second kappa shape index (κ2) is 7.02. The molecular weight excluding hydrogens is 253 g/mol. The van der Waals surface area contributed by atoms with Crippen molar-refractivity contribution in [3.63, 3.8) is 0 Å². The zero-order chi connectivity index (χ0) is 14.5. The van der Waals surface area contributed by atoms with Crippen molar-refractivity contribution in [2.45, 2.75) is 58.5 Å². The number of halogens is 1. The third kappa shape index (κ3) is 3.69. The maximum Gasteiger partial charge on any atom is 0.141 e. The van der Waals surface area contributed by atoms with Gasteiger partial charge in [0.15, 0.2) is 0 Å². The Balaban J connectivity index is 2.24. The van der Waals surface area contributed by atoms with Gasteiger partial charge in [-0.1, -0.05) is 26.7 Å². The third-order valence-electron chi connectivity index (χ3n) is 4.11. The summed E-state index contributed by atoms with van der Waals surface area (Å²) in [5.74, 6) is 1.24. The van der Waals surface area contributed by atoms with E-state index in [1.54, 1.807) is 0 Å². The van der Waals surface area contributed by atoms with Gasteiger partial charge in [-0.25, -0.2) is 9.37 Å². The van der Waals surface area contributed by atoms with Gasteiger partial charge in [0.25, 0.3) is 0 Å². The molecule has 0 bridgehead atoms. The van der Waals surface area contributed by atoms with E-state index in [1.165, 1.54) is 37.9 Å². The molecule has 0 amide bonds. The number of anilines is 1. The maximum atomic E-state index is 13.4. The van der Waals surface area contributed by atoms with Gasteiger partial charge in [0, 0.05) is 24.7 Å². The number of pyridine rings is 1. The van der Waals surface area contributed by atoms with Gasteiger partial charge in [-0.15, -0.1) is 0 Å². The molecule has 0 radical (unpaired) electrons. The normalized spacial score (nSPS) is 16.1. The van der Waals surface area contributed by atoms with Gasteiger partial charge in [0.05, 0.1) is 6.20 Å². The lowest BCUT2D eigenvalue weighted by Crippen LogP contribution is -2.36. The van der Waals surface area contributed by atoms with E-state index in [2.05, 4.69) is 23.7 Å². The van der Waals surface area contributed by atoms with Crippen molar-refractivity contribution in [1.82, 2.24) is 4.98 Å². The average Bonchev–Trinajstić information content (AvgIpc) is 2.94. The highest BCUT2D eigenvalue weighted by molar-refractivity contribution is 5.48. The zero-order valence-electron chi connectivity index (χ0n) is 12.6. The molecule has 0 spiro atoms. The first kappa shape index (κ1) is 15.2. The Hall–Kier alpha value is -1.16. The predicted molar refractivity (Wildman–Crippen MR) is 81.1 cm³/mol. The summed E-state index contributed by atoms with van der Waals surface area (Å²) in [5, 5.41) is 0. The van der Waals surface area contributed by atoms with E-state index in [4.69, 9.17) is 5.73 Å².